The van der Waals surface area contributed by atoms with Gasteiger partial charge in [0.1, 0.15) is 28.5 Å². The summed E-state index contributed by atoms with van der Waals surface area (Å²) in [4.78, 5) is 23.7. The van der Waals surface area contributed by atoms with E-state index in [-0.39, 0.29) is 22.4 Å². The third-order valence-electron chi connectivity index (χ3n) is 3.06. The summed E-state index contributed by atoms with van der Waals surface area (Å²) in [7, 11) is 1.16. The smallest absolute Gasteiger partial charge is 0.420 e. The molecule has 0 bridgehead atoms. The summed E-state index contributed by atoms with van der Waals surface area (Å²) < 4.78 is 37.2. The van der Waals surface area contributed by atoms with Gasteiger partial charge in [-0.2, -0.15) is 0 Å². The van der Waals surface area contributed by atoms with Crippen LogP contribution in [0.3, 0.4) is 0 Å². The van der Waals surface area contributed by atoms with Crippen LogP contribution < -0.4 is 10.3 Å². The van der Waals surface area contributed by atoms with Gasteiger partial charge in [-0.3, -0.25) is 4.79 Å². The van der Waals surface area contributed by atoms with Gasteiger partial charge in [0.15, 0.2) is 0 Å². The van der Waals surface area contributed by atoms with E-state index in [1.807, 2.05) is 0 Å². The van der Waals surface area contributed by atoms with E-state index in [0.29, 0.717) is 5.69 Å². The summed E-state index contributed by atoms with van der Waals surface area (Å²) >= 11 is 3.05. The van der Waals surface area contributed by atoms with Gasteiger partial charge in [-0.25, -0.2) is 18.1 Å². The predicted molar refractivity (Wildman–Crippen MR) is 81.6 cm³/mol. The van der Waals surface area contributed by atoms with E-state index in [0.717, 1.165) is 23.8 Å². The zero-order valence-corrected chi connectivity index (χ0v) is 13.8. The first kappa shape index (κ1) is 17.1. The molecule has 0 N–H and O–H groups in total. The van der Waals surface area contributed by atoms with E-state index in [1.54, 1.807) is 0 Å². The summed E-state index contributed by atoms with van der Waals surface area (Å²) in [6.07, 6.45) is -0.829. The Morgan fingerprint density at radius 2 is 2.00 bits per heavy atom. The highest BCUT2D eigenvalue weighted by Crippen LogP contribution is 2.24. The summed E-state index contributed by atoms with van der Waals surface area (Å²) in [5, 5.41) is 0. The van der Waals surface area contributed by atoms with Crippen molar-refractivity contribution in [1.82, 2.24) is 4.57 Å². The van der Waals surface area contributed by atoms with Crippen LogP contribution in [0.15, 0.2) is 33.5 Å². The quantitative estimate of drug-likeness (QED) is 0.809. The molecule has 122 valence electrons. The van der Waals surface area contributed by atoms with Gasteiger partial charge in [-0.15, -0.1) is 0 Å². The largest absolute Gasteiger partial charge is 0.487 e. The zero-order chi connectivity index (χ0) is 17.1. The minimum absolute atomic E-state index is 0.00369. The SMILES string of the molecule is COC(=O)n1c(C)cc(OCc2ccc(F)cc2F)c(Br)c1=O. The number of pyridine rings is 1. The number of aromatic nitrogens is 1. The molecule has 0 fully saturated rings. The van der Waals surface area contributed by atoms with Crippen LogP contribution in [-0.2, 0) is 11.3 Å². The van der Waals surface area contributed by atoms with Crippen molar-refractivity contribution >= 4 is 22.0 Å². The van der Waals surface area contributed by atoms with E-state index in [4.69, 9.17) is 4.74 Å². The maximum Gasteiger partial charge on any atom is 0.420 e. The fraction of sp³-hybridized carbons (Fsp3) is 0.200. The fourth-order valence-electron chi connectivity index (χ4n) is 1.90. The molecule has 5 nitrogen and oxygen atoms in total. The molecule has 0 amide bonds. The standard InChI is InChI=1S/C15H12BrF2NO4/c1-8-5-12(13(16)14(20)19(8)15(21)22-2)23-7-9-3-4-10(17)6-11(9)18/h3-6H,7H2,1-2H3. The van der Waals surface area contributed by atoms with Gasteiger partial charge in [0, 0.05) is 23.4 Å². The van der Waals surface area contributed by atoms with Crippen LogP contribution in [0.1, 0.15) is 11.3 Å². The third kappa shape index (κ3) is 3.58. The lowest BCUT2D eigenvalue weighted by molar-refractivity contribution is 0.171. The number of carbonyl (C=O) groups is 1. The van der Waals surface area contributed by atoms with Gasteiger partial charge in [0.05, 0.1) is 7.11 Å². The van der Waals surface area contributed by atoms with Crippen molar-refractivity contribution in [3.8, 4) is 5.75 Å². The number of carbonyl (C=O) groups excluding carboxylic acids is 1. The van der Waals surface area contributed by atoms with Crippen molar-refractivity contribution in [3.05, 3.63) is 62.0 Å². The van der Waals surface area contributed by atoms with Crippen LogP contribution in [0.4, 0.5) is 13.6 Å². The Morgan fingerprint density at radius 1 is 1.30 bits per heavy atom. The first-order valence-corrected chi connectivity index (χ1v) is 7.21. The molecule has 0 unspecified atom stereocenters. The topological polar surface area (TPSA) is 57.5 Å². The third-order valence-corrected chi connectivity index (χ3v) is 3.79. The second-order valence-corrected chi connectivity index (χ2v) is 5.39. The number of hydrogen-bond donors (Lipinski definition) is 0. The Hall–Kier alpha value is -2.22. The van der Waals surface area contributed by atoms with Crippen LogP contribution in [-0.4, -0.2) is 17.8 Å². The Bertz CT molecular complexity index is 820. The fourth-order valence-corrected chi connectivity index (χ4v) is 2.31. The molecule has 0 atom stereocenters. The molecule has 0 saturated carbocycles. The summed E-state index contributed by atoms with van der Waals surface area (Å²) in [6, 6.07) is 4.54. The van der Waals surface area contributed by atoms with Crippen molar-refractivity contribution in [2.75, 3.05) is 7.11 Å². The van der Waals surface area contributed by atoms with Crippen LogP contribution >= 0.6 is 15.9 Å². The van der Waals surface area contributed by atoms with Crippen LogP contribution in [0.25, 0.3) is 0 Å². The molecule has 0 radical (unpaired) electrons. The van der Waals surface area contributed by atoms with E-state index < -0.39 is 23.3 Å². The van der Waals surface area contributed by atoms with E-state index >= 15 is 0 Å². The maximum atomic E-state index is 13.6. The molecule has 0 saturated heterocycles. The molecule has 23 heavy (non-hydrogen) atoms. The lowest BCUT2D eigenvalue weighted by Gasteiger charge is -2.13. The Kier molecular flexibility index (Phi) is 5.15. The lowest BCUT2D eigenvalue weighted by atomic mass is 10.2. The average molecular weight is 388 g/mol. The van der Waals surface area contributed by atoms with Crippen LogP contribution in [0.5, 0.6) is 5.75 Å². The Balaban J connectivity index is 2.31. The zero-order valence-electron chi connectivity index (χ0n) is 12.2. The lowest BCUT2D eigenvalue weighted by Crippen LogP contribution is -2.29. The second-order valence-electron chi connectivity index (χ2n) is 4.60. The molecule has 0 aliphatic rings. The molecule has 1 heterocycles. The molecule has 2 rings (SSSR count). The van der Waals surface area contributed by atoms with Gasteiger partial charge in [0.2, 0.25) is 0 Å². The van der Waals surface area contributed by atoms with Crippen molar-refractivity contribution in [2.45, 2.75) is 13.5 Å². The summed E-state index contributed by atoms with van der Waals surface area (Å²) in [6.45, 7) is 1.32. The first-order chi connectivity index (χ1) is 10.8. The number of aryl methyl sites for hydroxylation is 1. The molecule has 0 aliphatic heterocycles. The Morgan fingerprint density at radius 3 is 2.61 bits per heavy atom. The molecular formula is C15H12BrF2NO4. The molecule has 0 spiro atoms. The number of methoxy groups -OCH3 is 1. The number of benzene rings is 1. The number of halogens is 3. The minimum atomic E-state index is -0.829. The normalized spacial score (nSPS) is 10.5. The van der Waals surface area contributed by atoms with Crippen LogP contribution in [0, 0.1) is 18.6 Å². The molecule has 1 aromatic carbocycles. The molecular weight excluding hydrogens is 376 g/mol. The highest BCUT2D eigenvalue weighted by atomic mass is 79.9. The van der Waals surface area contributed by atoms with Gasteiger partial charge < -0.3 is 9.47 Å². The maximum absolute atomic E-state index is 13.6. The highest BCUT2D eigenvalue weighted by Gasteiger charge is 2.17. The summed E-state index contributed by atoms with van der Waals surface area (Å²) in [5.41, 5.74) is -0.237. The van der Waals surface area contributed by atoms with Crippen molar-refractivity contribution in [3.63, 3.8) is 0 Å². The van der Waals surface area contributed by atoms with Crippen molar-refractivity contribution in [1.29, 1.82) is 0 Å². The minimum Gasteiger partial charge on any atom is -0.487 e. The predicted octanol–water partition coefficient (Wildman–Crippen LogP) is 3.39. The Labute approximate surface area is 138 Å². The van der Waals surface area contributed by atoms with Crippen LogP contribution in [0.2, 0.25) is 0 Å². The van der Waals surface area contributed by atoms with Gasteiger partial charge >= 0.3 is 6.09 Å². The van der Waals surface area contributed by atoms with Gasteiger partial charge in [-0.1, -0.05) is 0 Å². The first-order valence-electron chi connectivity index (χ1n) is 6.42. The monoisotopic (exact) mass is 387 g/mol. The molecule has 2 aromatic rings. The average Bonchev–Trinajstić information content (AvgIpc) is 2.50. The molecule has 1 aromatic heterocycles. The summed E-state index contributed by atoms with van der Waals surface area (Å²) in [5.74, 6) is -1.30. The van der Waals surface area contributed by atoms with Gasteiger partial charge in [-0.05, 0) is 35.0 Å². The number of ether oxygens (including phenoxy) is 2. The van der Waals surface area contributed by atoms with Crippen molar-refractivity contribution in [2.24, 2.45) is 0 Å². The van der Waals surface area contributed by atoms with E-state index in [9.17, 15) is 18.4 Å². The number of hydrogen-bond acceptors (Lipinski definition) is 4. The number of rotatable bonds is 3. The second kappa shape index (κ2) is 6.91. The molecule has 0 aliphatic carbocycles. The number of nitrogens with zero attached hydrogens (tertiary/aromatic N) is 1. The van der Waals surface area contributed by atoms with Gasteiger partial charge in [0.25, 0.3) is 5.56 Å². The van der Waals surface area contributed by atoms with Crippen molar-refractivity contribution < 1.29 is 23.0 Å². The highest BCUT2D eigenvalue weighted by molar-refractivity contribution is 9.10. The van der Waals surface area contributed by atoms with E-state index in [1.165, 1.54) is 19.1 Å². The molecule has 8 heteroatoms. The van der Waals surface area contributed by atoms with E-state index in [2.05, 4.69) is 20.7 Å².